The summed E-state index contributed by atoms with van der Waals surface area (Å²) >= 11 is 0. The molecule has 0 saturated carbocycles. The second-order valence-electron chi connectivity index (χ2n) is 7.50. The number of nitrogens with zero attached hydrogens (tertiary/aromatic N) is 1. The van der Waals surface area contributed by atoms with Crippen LogP contribution < -0.4 is 5.32 Å². The molecule has 2 aliphatic heterocycles. The summed E-state index contributed by atoms with van der Waals surface area (Å²) in [6.07, 6.45) is 3.06. The number of carbonyl (C=O) groups is 2. The molecule has 1 aromatic rings. The molecule has 2 unspecified atom stereocenters. The Morgan fingerprint density at radius 1 is 1.28 bits per heavy atom. The van der Waals surface area contributed by atoms with Gasteiger partial charge in [0.25, 0.3) is 5.91 Å². The molecule has 2 atom stereocenters. The van der Waals surface area contributed by atoms with Crippen molar-refractivity contribution in [2.45, 2.75) is 52.1 Å². The number of hydrogen-bond donors (Lipinski definition) is 1. The molecular weight excluding hydrogens is 316 g/mol. The molecule has 2 saturated heterocycles. The van der Waals surface area contributed by atoms with Gasteiger partial charge in [-0.2, -0.15) is 0 Å². The summed E-state index contributed by atoms with van der Waals surface area (Å²) in [4.78, 5) is 27.3. The zero-order valence-electron chi connectivity index (χ0n) is 15.4. The van der Waals surface area contributed by atoms with Gasteiger partial charge in [0, 0.05) is 31.4 Å². The number of nitrogens with one attached hydrogen (secondary N) is 1. The molecule has 136 valence electrons. The molecule has 1 N–H and O–H groups in total. The molecule has 1 aromatic carbocycles. The van der Waals surface area contributed by atoms with Crippen molar-refractivity contribution in [1.82, 2.24) is 10.2 Å². The number of carbonyl (C=O) groups excluding carboxylic acids is 2. The van der Waals surface area contributed by atoms with Crippen molar-refractivity contribution >= 4 is 11.8 Å². The van der Waals surface area contributed by atoms with Crippen LogP contribution in [-0.2, 0) is 9.53 Å². The maximum absolute atomic E-state index is 12.9. The van der Waals surface area contributed by atoms with Crippen molar-refractivity contribution in [2.75, 3.05) is 19.8 Å². The van der Waals surface area contributed by atoms with Crippen molar-refractivity contribution in [3.8, 4) is 0 Å². The first-order valence-corrected chi connectivity index (χ1v) is 9.19. The van der Waals surface area contributed by atoms with Crippen LogP contribution in [0.3, 0.4) is 0 Å². The first-order valence-electron chi connectivity index (χ1n) is 9.19. The topological polar surface area (TPSA) is 58.6 Å². The minimum Gasteiger partial charge on any atom is -0.381 e. The highest BCUT2D eigenvalue weighted by Crippen LogP contribution is 2.44. The lowest BCUT2D eigenvalue weighted by Gasteiger charge is -2.39. The van der Waals surface area contributed by atoms with Gasteiger partial charge in [0.1, 0.15) is 6.04 Å². The molecule has 2 aliphatic rings. The molecule has 3 rings (SSSR count). The third-order valence-electron chi connectivity index (χ3n) is 5.97. The molecule has 5 heteroatoms. The molecule has 5 nitrogen and oxygen atoms in total. The van der Waals surface area contributed by atoms with Crippen molar-refractivity contribution in [3.05, 3.63) is 35.4 Å². The van der Waals surface area contributed by atoms with E-state index in [1.165, 1.54) is 0 Å². The number of hydrogen-bond acceptors (Lipinski definition) is 3. The predicted octanol–water partition coefficient (Wildman–Crippen LogP) is 2.53. The highest BCUT2D eigenvalue weighted by atomic mass is 16.5. The van der Waals surface area contributed by atoms with Crippen molar-refractivity contribution in [2.24, 2.45) is 5.41 Å². The summed E-state index contributed by atoms with van der Waals surface area (Å²) in [7, 11) is 0. The minimum atomic E-state index is -0.523. The smallest absolute Gasteiger partial charge is 0.251 e. The zero-order valence-corrected chi connectivity index (χ0v) is 15.4. The van der Waals surface area contributed by atoms with Gasteiger partial charge in [-0.15, -0.1) is 0 Å². The number of likely N-dealkylation sites (tertiary alicyclic amines) is 1. The van der Waals surface area contributed by atoms with Crippen molar-refractivity contribution < 1.29 is 14.3 Å². The Morgan fingerprint density at radius 2 is 2.00 bits per heavy atom. The second-order valence-corrected chi connectivity index (χ2v) is 7.50. The van der Waals surface area contributed by atoms with E-state index in [1.807, 2.05) is 30.0 Å². The second kappa shape index (κ2) is 7.16. The van der Waals surface area contributed by atoms with Crippen LogP contribution in [0.15, 0.2) is 24.3 Å². The zero-order chi connectivity index (χ0) is 18.0. The maximum atomic E-state index is 12.9. The van der Waals surface area contributed by atoms with E-state index in [1.54, 1.807) is 13.0 Å². The standard InChI is InChI=1S/C20H28N2O3/c1-14-5-4-6-17(13-14)18(23)21-15(2)19(24)22-10-7-20(16(22)3)8-11-25-12-9-20/h4-6,13,15-16H,7-12H2,1-3H3,(H,21,23). The van der Waals surface area contributed by atoms with Gasteiger partial charge in [-0.25, -0.2) is 0 Å². The van der Waals surface area contributed by atoms with Gasteiger partial charge in [0.15, 0.2) is 0 Å². The van der Waals surface area contributed by atoms with Crippen LogP contribution in [-0.4, -0.2) is 48.6 Å². The van der Waals surface area contributed by atoms with Gasteiger partial charge in [-0.3, -0.25) is 9.59 Å². The Bertz CT molecular complexity index is 652. The average Bonchev–Trinajstić information content (AvgIpc) is 2.91. The van der Waals surface area contributed by atoms with E-state index in [4.69, 9.17) is 4.74 Å². The van der Waals surface area contributed by atoms with Crippen LogP contribution in [0, 0.1) is 12.3 Å². The van der Waals surface area contributed by atoms with E-state index in [2.05, 4.69) is 12.2 Å². The summed E-state index contributed by atoms with van der Waals surface area (Å²) < 4.78 is 5.50. The van der Waals surface area contributed by atoms with Crippen LogP contribution in [0.4, 0.5) is 0 Å². The van der Waals surface area contributed by atoms with Crippen LogP contribution in [0.1, 0.15) is 49.0 Å². The van der Waals surface area contributed by atoms with Crippen LogP contribution in [0.2, 0.25) is 0 Å². The number of ether oxygens (including phenoxy) is 1. The fraction of sp³-hybridized carbons (Fsp3) is 0.600. The Kier molecular flexibility index (Phi) is 5.13. The summed E-state index contributed by atoms with van der Waals surface area (Å²) in [5.41, 5.74) is 1.81. The maximum Gasteiger partial charge on any atom is 0.251 e. The molecule has 0 aromatic heterocycles. The summed E-state index contributed by atoms with van der Waals surface area (Å²) in [6, 6.07) is 7.09. The first-order chi connectivity index (χ1) is 11.9. The molecule has 0 aliphatic carbocycles. The Hall–Kier alpha value is -1.88. The molecule has 2 amide bonds. The molecule has 0 radical (unpaired) electrons. The third kappa shape index (κ3) is 3.56. The number of benzene rings is 1. The van der Waals surface area contributed by atoms with E-state index in [0.717, 1.165) is 44.6 Å². The molecule has 0 bridgehead atoms. The van der Waals surface area contributed by atoms with E-state index in [-0.39, 0.29) is 23.3 Å². The largest absolute Gasteiger partial charge is 0.381 e. The van der Waals surface area contributed by atoms with Gasteiger partial charge < -0.3 is 15.0 Å². The number of rotatable bonds is 3. The molecule has 25 heavy (non-hydrogen) atoms. The predicted molar refractivity (Wildman–Crippen MR) is 96.4 cm³/mol. The van der Waals surface area contributed by atoms with Gasteiger partial charge in [0.2, 0.25) is 5.91 Å². The lowest BCUT2D eigenvalue weighted by atomic mass is 9.74. The fourth-order valence-electron chi connectivity index (χ4n) is 4.20. The van der Waals surface area contributed by atoms with Crippen LogP contribution in [0.25, 0.3) is 0 Å². The van der Waals surface area contributed by atoms with E-state index < -0.39 is 6.04 Å². The van der Waals surface area contributed by atoms with E-state index in [9.17, 15) is 9.59 Å². The molecule has 2 fully saturated rings. The highest BCUT2D eigenvalue weighted by Gasteiger charge is 2.47. The van der Waals surface area contributed by atoms with Gasteiger partial charge in [0.05, 0.1) is 0 Å². The van der Waals surface area contributed by atoms with Crippen LogP contribution in [0.5, 0.6) is 0 Å². The third-order valence-corrected chi connectivity index (χ3v) is 5.97. The van der Waals surface area contributed by atoms with Gasteiger partial charge in [-0.05, 0) is 57.6 Å². The Balaban J connectivity index is 1.63. The molecular formula is C20H28N2O3. The van der Waals surface area contributed by atoms with Gasteiger partial charge >= 0.3 is 0 Å². The Labute approximate surface area is 149 Å². The monoisotopic (exact) mass is 344 g/mol. The molecule has 2 heterocycles. The lowest BCUT2D eigenvalue weighted by Crippen LogP contribution is -2.50. The van der Waals surface area contributed by atoms with Crippen molar-refractivity contribution in [3.63, 3.8) is 0 Å². The quantitative estimate of drug-likeness (QED) is 0.917. The Morgan fingerprint density at radius 3 is 2.68 bits per heavy atom. The molecule has 1 spiro atoms. The van der Waals surface area contributed by atoms with Crippen LogP contribution >= 0.6 is 0 Å². The normalized spacial score (nSPS) is 23.5. The summed E-state index contributed by atoms with van der Waals surface area (Å²) in [5, 5.41) is 2.86. The average molecular weight is 344 g/mol. The fourth-order valence-corrected chi connectivity index (χ4v) is 4.20. The number of aryl methyl sites for hydroxylation is 1. The van der Waals surface area contributed by atoms with E-state index in [0.29, 0.717) is 5.56 Å². The lowest BCUT2D eigenvalue weighted by molar-refractivity contribution is -0.135. The minimum absolute atomic E-state index is 0.0110. The highest BCUT2D eigenvalue weighted by molar-refractivity contribution is 5.97. The van der Waals surface area contributed by atoms with Gasteiger partial charge in [-0.1, -0.05) is 17.7 Å². The summed E-state index contributed by atoms with van der Waals surface area (Å²) in [6.45, 7) is 8.20. The first kappa shape index (κ1) is 17.9. The number of amides is 2. The van der Waals surface area contributed by atoms with Crippen molar-refractivity contribution in [1.29, 1.82) is 0 Å². The van der Waals surface area contributed by atoms with E-state index >= 15 is 0 Å². The SMILES string of the molecule is Cc1cccc(C(=O)NC(C)C(=O)N2CCC3(CCOCC3)C2C)c1. The summed E-state index contributed by atoms with van der Waals surface area (Å²) in [5.74, 6) is -0.186.